The minimum absolute atomic E-state index is 0.509. The zero-order chi connectivity index (χ0) is 12.4. The van der Waals surface area contributed by atoms with Gasteiger partial charge in [0.05, 0.1) is 6.61 Å². The van der Waals surface area contributed by atoms with Crippen LogP contribution in [0.2, 0.25) is 0 Å². The lowest BCUT2D eigenvalue weighted by Gasteiger charge is -2.18. The second kappa shape index (κ2) is 5.31. The van der Waals surface area contributed by atoms with E-state index in [9.17, 15) is 0 Å². The van der Waals surface area contributed by atoms with E-state index in [0.717, 1.165) is 37.7 Å². The maximum Gasteiger partial charge on any atom is 0.122 e. The topological polar surface area (TPSA) is 21.3 Å². The van der Waals surface area contributed by atoms with E-state index in [1.807, 2.05) is 0 Å². The lowest BCUT2D eigenvalue weighted by atomic mass is 10.0. The predicted molar refractivity (Wildman–Crippen MR) is 74.0 cm³/mol. The average Bonchev–Trinajstić information content (AvgIpc) is 3.10. The fourth-order valence-corrected chi connectivity index (χ4v) is 2.79. The SMILES string of the molecule is CCC(NCCC1CC1)c1ccc2c(c1)CCO2. The minimum Gasteiger partial charge on any atom is -0.493 e. The number of ether oxygens (including phenoxy) is 1. The fourth-order valence-electron chi connectivity index (χ4n) is 2.79. The summed E-state index contributed by atoms with van der Waals surface area (Å²) in [4.78, 5) is 0. The highest BCUT2D eigenvalue weighted by Crippen LogP contribution is 2.32. The van der Waals surface area contributed by atoms with Crippen LogP contribution in [0.3, 0.4) is 0 Å². The molecule has 0 saturated heterocycles. The summed E-state index contributed by atoms with van der Waals surface area (Å²) in [5, 5.41) is 3.71. The number of nitrogens with one attached hydrogen (secondary N) is 1. The van der Waals surface area contributed by atoms with Gasteiger partial charge in [0.2, 0.25) is 0 Å². The Labute approximate surface area is 110 Å². The fraction of sp³-hybridized carbons (Fsp3) is 0.625. The van der Waals surface area contributed by atoms with Gasteiger partial charge in [0.15, 0.2) is 0 Å². The Hall–Kier alpha value is -1.02. The molecule has 1 saturated carbocycles. The molecule has 1 fully saturated rings. The van der Waals surface area contributed by atoms with Gasteiger partial charge in [-0.25, -0.2) is 0 Å². The Morgan fingerprint density at radius 3 is 3.06 bits per heavy atom. The molecule has 1 aromatic rings. The molecule has 1 aliphatic carbocycles. The Balaban J connectivity index is 1.62. The van der Waals surface area contributed by atoms with Gasteiger partial charge in [-0.2, -0.15) is 0 Å². The molecule has 1 atom stereocenters. The molecule has 0 radical (unpaired) electrons. The summed E-state index contributed by atoms with van der Waals surface area (Å²) in [5.74, 6) is 2.11. The van der Waals surface area contributed by atoms with E-state index in [2.05, 4.69) is 30.4 Å². The van der Waals surface area contributed by atoms with Crippen LogP contribution in [-0.4, -0.2) is 13.2 Å². The highest BCUT2D eigenvalue weighted by Gasteiger charge is 2.21. The van der Waals surface area contributed by atoms with Crippen LogP contribution in [0, 0.1) is 5.92 Å². The molecule has 0 spiro atoms. The number of hydrogen-bond donors (Lipinski definition) is 1. The van der Waals surface area contributed by atoms with Crippen molar-refractivity contribution in [2.45, 2.75) is 45.1 Å². The van der Waals surface area contributed by atoms with Crippen LogP contribution in [0.15, 0.2) is 18.2 Å². The van der Waals surface area contributed by atoms with E-state index in [1.54, 1.807) is 0 Å². The van der Waals surface area contributed by atoms with Gasteiger partial charge in [0.1, 0.15) is 5.75 Å². The standard InChI is InChI=1S/C16H23NO/c1-2-15(17-9-7-12-3-4-12)13-5-6-16-14(11-13)8-10-18-16/h5-6,11-12,15,17H,2-4,7-10H2,1H3. The molecule has 2 nitrogen and oxygen atoms in total. The van der Waals surface area contributed by atoms with Crippen LogP contribution in [0.1, 0.15) is 49.8 Å². The first kappa shape index (κ1) is 12.0. The quantitative estimate of drug-likeness (QED) is 0.828. The molecule has 3 rings (SSSR count). The molecule has 0 aromatic heterocycles. The van der Waals surface area contributed by atoms with Crippen LogP contribution in [0.4, 0.5) is 0 Å². The zero-order valence-electron chi connectivity index (χ0n) is 11.2. The lowest BCUT2D eigenvalue weighted by molar-refractivity contribution is 0.356. The van der Waals surface area contributed by atoms with E-state index in [4.69, 9.17) is 4.74 Å². The summed E-state index contributed by atoms with van der Waals surface area (Å²) in [5.41, 5.74) is 2.81. The van der Waals surface area contributed by atoms with Crippen LogP contribution in [0.25, 0.3) is 0 Å². The Kier molecular flexibility index (Phi) is 3.55. The van der Waals surface area contributed by atoms with Crippen LogP contribution in [0.5, 0.6) is 5.75 Å². The molecule has 1 unspecified atom stereocenters. The molecule has 1 aliphatic heterocycles. The minimum atomic E-state index is 0.509. The molecule has 0 amide bonds. The second-order valence-electron chi connectivity index (χ2n) is 5.61. The summed E-state index contributed by atoms with van der Waals surface area (Å²) in [7, 11) is 0. The first-order chi connectivity index (χ1) is 8.86. The summed E-state index contributed by atoms with van der Waals surface area (Å²) in [6, 6.07) is 7.21. The first-order valence-corrected chi connectivity index (χ1v) is 7.36. The molecule has 0 bridgehead atoms. The Bertz CT molecular complexity index is 412. The third kappa shape index (κ3) is 2.69. The van der Waals surface area contributed by atoms with Gasteiger partial charge >= 0.3 is 0 Å². The van der Waals surface area contributed by atoms with Gasteiger partial charge in [-0.05, 0) is 42.5 Å². The maximum absolute atomic E-state index is 5.57. The van der Waals surface area contributed by atoms with Crippen molar-refractivity contribution in [2.75, 3.05) is 13.2 Å². The molecule has 2 aliphatic rings. The van der Waals surface area contributed by atoms with Crippen molar-refractivity contribution in [3.8, 4) is 5.75 Å². The molecular weight excluding hydrogens is 222 g/mol. The summed E-state index contributed by atoms with van der Waals surface area (Å²) < 4.78 is 5.57. The second-order valence-corrected chi connectivity index (χ2v) is 5.61. The van der Waals surface area contributed by atoms with Crippen LogP contribution < -0.4 is 10.1 Å². The molecule has 1 heterocycles. The van der Waals surface area contributed by atoms with Gasteiger partial charge in [-0.3, -0.25) is 0 Å². The van der Waals surface area contributed by atoms with Crippen molar-refractivity contribution in [3.05, 3.63) is 29.3 Å². The average molecular weight is 245 g/mol. The highest BCUT2D eigenvalue weighted by molar-refractivity contribution is 5.40. The molecule has 2 heteroatoms. The molecule has 1 N–H and O–H groups in total. The third-order valence-electron chi connectivity index (χ3n) is 4.16. The summed E-state index contributed by atoms with van der Waals surface area (Å²) >= 11 is 0. The highest BCUT2D eigenvalue weighted by atomic mass is 16.5. The van der Waals surface area contributed by atoms with Crippen molar-refractivity contribution in [1.29, 1.82) is 0 Å². The van der Waals surface area contributed by atoms with Crippen molar-refractivity contribution in [2.24, 2.45) is 5.92 Å². The smallest absolute Gasteiger partial charge is 0.122 e. The van der Waals surface area contributed by atoms with Crippen molar-refractivity contribution >= 4 is 0 Å². The van der Waals surface area contributed by atoms with Crippen molar-refractivity contribution in [1.82, 2.24) is 5.32 Å². The summed E-state index contributed by atoms with van der Waals surface area (Å²) in [6.07, 6.45) is 6.49. The van der Waals surface area contributed by atoms with Crippen LogP contribution >= 0.6 is 0 Å². The molecular formula is C16H23NO. The maximum atomic E-state index is 5.57. The van der Waals surface area contributed by atoms with Crippen LogP contribution in [-0.2, 0) is 6.42 Å². The van der Waals surface area contributed by atoms with E-state index >= 15 is 0 Å². The van der Waals surface area contributed by atoms with Gasteiger partial charge in [0.25, 0.3) is 0 Å². The third-order valence-corrected chi connectivity index (χ3v) is 4.16. The van der Waals surface area contributed by atoms with Crippen molar-refractivity contribution < 1.29 is 4.74 Å². The normalized spacial score (nSPS) is 19.4. The van der Waals surface area contributed by atoms with Crippen molar-refractivity contribution in [3.63, 3.8) is 0 Å². The number of rotatable bonds is 6. The Morgan fingerprint density at radius 2 is 2.28 bits per heavy atom. The van der Waals surface area contributed by atoms with E-state index < -0.39 is 0 Å². The molecule has 18 heavy (non-hydrogen) atoms. The van der Waals surface area contributed by atoms with Gasteiger partial charge < -0.3 is 10.1 Å². The largest absolute Gasteiger partial charge is 0.493 e. The van der Waals surface area contributed by atoms with E-state index in [-0.39, 0.29) is 0 Å². The predicted octanol–water partition coefficient (Wildman–Crippen LogP) is 3.46. The van der Waals surface area contributed by atoms with E-state index in [0.29, 0.717) is 6.04 Å². The lowest BCUT2D eigenvalue weighted by Crippen LogP contribution is -2.22. The zero-order valence-corrected chi connectivity index (χ0v) is 11.2. The summed E-state index contributed by atoms with van der Waals surface area (Å²) in [6.45, 7) is 4.28. The van der Waals surface area contributed by atoms with E-state index in [1.165, 1.54) is 30.4 Å². The number of hydrogen-bond acceptors (Lipinski definition) is 2. The number of fused-ring (bicyclic) bond motifs is 1. The van der Waals surface area contributed by atoms with Gasteiger partial charge in [-0.1, -0.05) is 31.9 Å². The molecule has 98 valence electrons. The molecule has 1 aromatic carbocycles. The first-order valence-electron chi connectivity index (χ1n) is 7.36. The number of benzene rings is 1. The van der Waals surface area contributed by atoms with Gasteiger partial charge in [-0.15, -0.1) is 0 Å². The van der Waals surface area contributed by atoms with Gasteiger partial charge in [0, 0.05) is 12.5 Å². The Morgan fingerprint density at radius 1 is 1.39 bits per heavy atom. The monoisotopic (exact) mass is 245 g/mol.